The second-order valence-corrected chi connectivity index (χ2v) is 7.31. The Labute approximate surface area is 166 Å². The Bertz CT molecular complexity index is 595. The van der Waals surface area contributed by atoms with Gasteiger partial charge in [-0.3, -0.25) is 4.99 Å². The van der Waals surface area contributed by atoms with Gasteiger partial charge < -0.3 is 19.5 Å². The average molecular weight is 460 g/mol. The Morgan fingerprint density at radius 1 is 1.24 bits per heavy atom. The summed E-state index contributed by atoms with van der Waals surface area (Å²) in [4.78, 5) is 7.32. The molecule has 0 amide bonds. The Morgan fingerprint density at radius 3 is 2.48 bits per heavy atom. The maximum Gasteiger partial charge on any atom is 0.193 e. The van der Waals surface area contributed by atoms with Gasteiger partial charge in [0.25, 0.3) is 0 Å². The van der Waals surface area contributed by atoms with Crippen molar-refractivity contribution in [3.63, 3.8) is 0 Å². The van der Waals surface area contributed by atoms with Crippen LogP contribution in [0, 0.1) is 25.7 Å². The lowest BCUT2D eigenvalue weighted by molar-refractivity contribution is 0.0767. The molecule has 1 aromatic rings. The number of aryl methyl sites for hydroxylation is 2. The van der Waals surface area contributed by atoms with Crippen molar-refractivity contribution in [2.45, 2.75) is 52.2 Å². The molecule has 0 saturated carbocycles. The van der Waals surface area contributed by atoms with Crippen molar-refractivity contribution in [2.75, 3.05) is 26.2 Å². The molecule has 0 aliphatic carbocycles. The minimum atomic E-state index is 0. The molecule has 6 nitrogen and oxygen atoms in total. The van der Waals surface area contributed by atoms with Gasteiger partial charge in [0.2, 0.25) is 0 Å². The van der Waals surface area contributed by atoms with Crippen LogP contribution < -0.4 is 5.32 Å². The third-order valence-electron chi connectivity index (χ3n) is 5.89. The smallest absolute Gasteiger partial charge is 0.193 e. The number of likely N-dealkylation sites (tertiary alicyclic amines) is 1. The van der Waals surface area contributed by atoms with Gasteiger partial charge in [0.1, 0.15) is 5.76 Å². The quantitative estimate of drug-likeness (QED) is 0.425. The number of guanidine groups is 1. The Morgan fingerprint density at radius 2 is 1.92 bits per heavy atom. The Kier molecular flexibility index (Phi) is 5.92. The van der Waals surface area contributed by atoms with Gasteiger partial charge in [0.05, 0.1) is 17.9 Å². The zero-order valence-electron chi connectivity index (χ0n) is 15.3. The van der Waals surface area contributed by atoms with Crippen LogP contribution in [-0.2, 0) is 11.2 Å². The maximum absolute atomic E-state index is 6.08. The molecule has 140 valence electrons. The highest BCUT2D eigenvalue weighted by Gasteiger charge is 2.53. The van der Waals surface area contributed by atoms with Crippen molar-refractivity contribution in [2.24, 2.45) is 16.8 Å². The molecular weight excluding hydrogens is 431 g/mol. The van der Waals surface area contributed by atoms with Crippen LogP contribution in [0.3, 0.4) is 0 Å². The molecule has 0 radical (unpaired) electrons. The molecule has 4 unspecified atom stereocenters. The summed E-state index contributed by atoms with van der Waals surface area (Å²) in [6.45, 7) is 9.94. The number of ether oxygens (including phenoxy) is 1. The fraction of sp³-hybridized carbons (Fsp3) is 0.778. The third-order valence-corrected chi connectivity index (χ3v) is 5.89. The van der Waals surface area contributed by atoms with Crippen molar-refractivity contribution in [1.29, 1.82) is 0 Å². The summed E-state index contributed by atoms with van der Waals surface area (Å²) in [6.07, 6.45) is 4.37. The van der Waals surface area contributed by atoms with E-state index >= 15 is 0 Å². The number of nitrogens with one attached hydrogen (secondary N) is 1. The predicted octanol–water partition coefficient (Wildman–Crippen LogP) is 2.53. The number of fused-ring (bicyclic) bond motifs is 5. The van der Waals surface area contributed by atoms with Gasteiger partial charge in [-0.15, -0.1) is 24.0 Å². The van der Waals surface area contributed by atoms with E-state index in [1.54, 1.807) is 0 Å². The molecule has 7 heteroatoms. The van der Waals surface area contributed by atoms with E-state index in [0.717, 1.165) is 50.0 Å². The van der Waals surface area contributed by atoms with E-state index in [1.165, 1.54) is 18.4 Å². The highest BCUT2D eigenvalue weighted by atomic mass is 127. The van der Waals surface area contributed by atoms with Crippen LogP contribution >= 0.6 is 24.0 Å². The standard InChI is InChI=1S/C18H28N4O2.HI/c1-4-19-18(20-8-7-13-11(2)21-24-12(13)3)22-9-14-15(10-22)17-6-5-16(14)23-17;/h14-17H,4-10H2,1-3H3,(H,19,20);1H. The fourth-order valence-corrected chi connectivity index (χ4v) is 4.69. The van der Waals surface area contributed by atoms with Crippen molar-refractivity contribution in [3.05, 3.63) is 17.0 Å². The zero-order chi connectivity index (χ0) is 16.7. The highest BCUT2D eigenvalue weighted by molar-refractivity contribution is 14.0. The van der Waals surface area contributed by atoms with E-state index in [0.29, 0.717) is 24.0 Å². The van der Waals surface area contributed by atoms with Crippen molar-refractivity contribution < 1.29 is 9.26 Å². The molecule has 3 aliphatic rings. The van der Waals surface area contributed by atoms with Crippen LogP contribution in [0.5, 0.6) is 0 Å². The van der Waals surface area contributed by atoms with Crippen LogP contribution in [0.4, 0.5) is 0 Å². The number of nitrogens with zero attached hydrogens (tertiary/aromatic N) is 3. The molecule has 4 rings (SSSR count). The first kappa shape index (κ1) is 18.9. The van der Waals surface area contributed by atoms with Crippen LogP contribution in [0.25, 0.3) is 0 Å². The predicted molar refractivity (Wildman–Crippen MR) is 108 cm³/mol. The molecule has 3 saturated heterocycles. The monoisotopic (exact) mass is 460 g/mol. The zero-order valence-corrected chi connectivity index (χ0v) is 17.7. The first-order chi connectivity index (χ1) is 11.7. The van der Waals surface area contributed by atoms with Gasteiger partial charge >= 0.3 is 0 Å². The largest absolute Gasteiger partial charge is 0.374 e. The number of hydrogen-bond acceptors (Lipinski definition) is 4. The number of rotatable bonds is 4. The minimum absolute atomic E-state index is 0. The lowest BCUT2D eigenvalue weighted by atomic mass is 9.82. The molecule has 3 aliphatic heterocycles. The molecule has 4 atom stereocenters. The lowest BCUT2D eigenvalue weighted by Gasteiger charge is -2.23. The van der Waals surface area contributed by atoms with Crippen LogP contribution in [0.15, 0.2) is 9.52 Å². The molecule has 4 heterocycles. The summed E-state index contributed by atoms with van der Waals surface area (Å²) >= 11 is 0. The molecule has 0 aromatic carbocycles. The summed E-state index contributed by atoms with van der Waals surface area (Å²) in [5, 5.41) is 7.50. The number of halogens is 1. The van der Waals surface area contributed by atoms with Crippen molar-refractivity contribution >= 4 is 29.9 Å². The summed E-state index contributed by atoms with van der Waals surface area (Å²) in [7, 11) is 0. The molecular formula is C18H29IN4O2. The first-order valence-electron chi connectivity index (χ1n) is 9.27. The van der Waals surface area contributed by atoms with Gasteiger partial charge in [-0.25, -0.2) is 0 Å². The van der Waals surface area contributed by atoms with E-state index < -0.39 is 0 Å². The fourth-order valence-electron chi connectivity index (χ4n) is 4.69. The Balaban J connectivity index is 0.00000182. The average Bonchev–Trinajstić information content (AvgIpc) is 3.31. The topological polar surface area (TPSA) is 62.9 Å². The van der Waals surface area contributed by atoms with E-state index in [9.17, 15) is 0 Å². The second-order valence-electron chi connectivity index (χ2n) is 7.31. The van der Waals surface area contributed by atoms with E-state index in [2.05, 4.69) is 22.3 Å². The van der Waals surface area contributed by atoms with Crippen LogP contribution in [-0.4, -0.2) is 54.4 Å². The van der Waals surface area contributed by atoms with E-state index in [1.807, 2.05) is 13.8 Å². The molecule has 2 bridgehead atoms. The first-order valence-corrected chi connectivity index (χ1v) is 9.27. The minimum Gasteiger partial charge on any atom is -0.374 e. The summed E-state index contributed by atoms with van der Waals surface area (Å²) in [6, 6.07) is 0. The van der Waals surface area contributed by atoms with Gasteiger partial charge in [0.15, 0.2) is 5.96 Å². The number of aliphatic imine (C=N–C) groups is 1. The molecule has 0 spiro atoms. The van der Waals surface area contributed by atoms with Crippen molar-refractivity contribution in [1.82, 2.24) is 15.4 Å². The van der Waals surface area contributed by atoms with Crippen molar-refractivity contribution in [3.8, 4) is 0 Å². The van der Waals surface area contributed by atoms with Gasteiger partial charge in [-0.1, -0.05) is 5.16 Å². The number of aromatic nitrogens is 1. The van der Waals surface area contributed by atoms with Crippen LogP contribution in [0.2, 0.25) is 0 Å². The van der Waals surface area contributed by atoms with E-state index in [-0.39, 0.29) is 24.0 Å². The third kappa shape index (κ3) is 3.54. The van der Waals surface area contributed by atoms with Crippen LogP contribution in [0.1, 0.15) is 36.8 Å². The maximum atomic E-state index is 6.08. The van der Waals surface area contributed by atoms with E-state index in [4.69, 9.17) is 14.3 Å². The normalized spacial score (nSPS) is 30.5. The summed E-state index contributed by atoms with van der Waals surface area (Å²) < 4.78 is 11.3. The van der Waals surface area contributed by atoms with Gasteiger partial charge in [-0.05, 0) is 40.0 Å². The summed E-state index contributed by atoms with van der Waals surface area (Å²) in [5.41, 5.74) is 2.18. The molecule has 1 aromatic heterocycles. The lowest BCUT2D eigenvalue weighted by Crippen LogP contribution is -2.41. The highest BCUT2D eigenvalue weighted by Crippen LogP contribution is 2.47. The second kappa shape index (κ2) is 7.82. The van der Waals surface area contributed by atoms with Gasteiger partial charge in [0, 0.05) is 43.6 Å². The molecule has 25 heavy (non-hydrogen) atoms. The number of hydrogen-bond donors (Lipinski definition) is 1. The van der Waals surface area contributed by atoms with Gasteiger partial charge in [-0.2, -0.15) is 0 Å². The molecule has 3 fully saturated rings. The molecule has 1 N–H and O–H groups in total. The SMILES string of the molecule is CCNC(=NCCc1c(C)noc1C)N1CC2C3CCC(O3)C2C1.I. The summed E-state index contributed by atoms with van der Waals surface area (Å²) in [5.74, 6) is 3.38. The Hall–Kier alpha value is -0.830.